The van der Waals surface area contributed by atoms with Gasteiger partial charge in [0.15, 0.2) is 5.11 Å². The Bertz CT molecular complexity index is 181. The Balaban J connectivity index is 3.79. The number of ketones is 1. The van der Waals surface area contributed by atoms with Crippen molar-refractivity contribution >= 4 is 23.1 Å². The molecule has 0 atom stereocenters. The molecule has 0 aromatic carbocycles. The Morgan fingerprint density at radius 1 is 1.82 bits per heavy atom. The summed E-state index contributed by atoms with van der Waals surface area (Å²) < 4.78 is 0. The monoisotopic (exact) mass is 174 g/mol. The average molecular weight is 174 g/mol. The minimum atomic E-state index is 0.0150. The normalized spacial score (nSPS) is 8.82. The second-order valence-electron chi connectivity index (χ2n) is 2.01. The molecule has 0 spiro atoms. The average Bonchev–Trinajstić information content (AvgIpc) is 1.87. The molecular formula is C5H10N4OS. The Hall–Kier alpha value is -1.04. The summed E-state index contributed by atoms with van der Waals surface area (Å²) in [6, 6.07) is 0. The number of nitrogens with zero attached hydrogens (tertiary/aromatic N) is 2. The lowest BCUT2D eigenvalue weighted by Crippen LogP contribution is -2.31. The number of hydrogen-bond donors (Lipinski definition) is 2. The van der Waals surface area contributed by atoms with Crippen molar-refractivity contribution in [3.63, 3.8) is 0 Å². The summed E-state index contributed by atoms with van der Waals surface area (Å²) in [5.41, 5.74) is 11.8. The van der Waals surface area contributed by atoms with Gasteiger partial charge in [0.25, 0.3) is 0 Å². The first kappa shape index (κ1) is 9.96. The van der Waals surface area contributed by atoms with Crippen LogP contribution in [-0.2, 0) is 4.79 Å². The molecule has 0 bridgehead atoms. The van der Waals surface area contributed by atoms with Gasteiger partial charge in [-0.1, -0.05) is 5.22 Å². The van der Waals surface area contributed by atoms with Crippen molar-refractivity contribution in [2.24, 2.45) is 11.0 Å². The number of rotatable bonds is 4. The van der Waals surface area contributed by atoms with Crippen molar-refractivity contribution in [2.75, 3.05) is 6.54 Å². The van der Waals surface area contributed by atoms with Gasteiger partial charge >= 0.3 is 0 Å². The molecule has 0 rings (SSSR count). The summed E-state index contributed by atoms with van der Waals surface area (Å²) in [5.74, 6) is 0.0231. The van der Waals surface area contributed by atoms with E-state index in [1.807, 2.05) is 0 Å². The molecule has 0 aliphatic rings. The van der Waals surface area contributed by atoms with E-state index in [1.165, 1.54) is 6.92 Å². The molecule has 0 aliphatic carbocycles. The minimum absolute atomic E-state index is 0.0150. The third kappa shape index (κ3) is 4.38. The number of nitrogens with two attached hydrogens (primary N) is 1. The maximum Gasteiger partial charge on any atom is 0.188 e. The molecule has 0 radical (unpaired) electrons. The molecule has 62 valence electrons. The SMILES string of the molecule is CC(=O)CCN(N=N)C(N)=S. The fraction of sp³-hybridized carbons (Fsp3) is 0.600. The molecule has 0 fully saturated rings. The summed E-state index contributed by atoms with van der Waals surface area (Å²) >= 11 is 4.55. The van der Waals surface area contributed by atoms with Crippen LogP contribution < -0.4 is 5.73 Å². The van der Waals surface area contributed by atoms with Gasteiger partial charge in [-0.2, -0.15) is 5.53 Å². The molecule has 0 saturated carbocycles. The summed E-state index contributed by atoms with van der Waals surface area (Å²) in [6.45, 7) is 1.75. The molecule has 0 aliphatic heterocycles. The van der Waals surface area contributed by atoms with E-state index in [0.29, 0.717) is 6.42 Å². The first-order chi connectivity index (χ1) is 5.07. The maximum atomic E-state index is 10.5. The van der Waals surface area contributed by atoms with Crippen LogP contribution in [0.4, 0.5) is 0 Å². The third-order valence-electron chi connectivity index (χ3n) is 1.05. The number of carbonyl (C=O) groups excluding carboxylic acids is 1. The standard InChI is InChI=1S/C5H10N4OS/c1-4(10)2-3-9(8-7)5(6)11/h7H,2-3H2,1H3,(H2,6,11). The van der Waals surface area contributed by atoms with E-state index in [1.54, 1.807) is 0 Å². The second kappa shape index (κ2) is 4.73. The lowest BCUT2D eigenvalue weighted by Gasteiger charge is -2.12. The fourth-order valence-electron chi connectivity index (χ4n) is 0.473. The van der Waals surface area contributed by atoms with Crippen molar-refractivity contribution in [3.8, 4) is 0 Å². The zero-order valence-corrected chi connectivity index (χ0v) is 7.02. The van der Waals surface area contributed by atoms with E-state index in [0.717, 1.165) is 5.01 Å². The van der Waals surface area contributed by atoms with Gasteiger partial charge in [0, 0.05) is 6.42 Å². The topological polar surface area (TPSA) is 82.5 Å². The van der Waals surface area contributed by atoms with Crippen molar-refractivity contribution in [1.29, 1.82) is 5.53 Å². The van der Waals surface area contributed by atoms with Crippen molar-refractivity contribution in [1.82, 2.24) is 5.01 Å². The van der Waals surface area contributed by atoms with Gasteiger partial charge in [-0.25, -0.2) is 5.01 Å². The minimum Gasteiger partial charge on any atom is -0.375 e. The zero-order chi connectivity index (χ0) is 8.85. The van der Waals surface area contributed by atoms with Crippen LogP contribution in [0.15, 0.2) is 5.22 Å². The number of nitrogens with one attached hydrogen (secondary N) is 1. The van der Waals surface area contributed by atoms with E-state index in [2.05, 4.69) is 17.4 Å². The zero-order valence-electron chi connectivity index (χ0n) is 6.20. The quantitative estimate of drug-likeness (QED) is 0.368. The Kier molecular flexibility index (Phi) is 4.28. The molecule has 0 heterocycles. The van der Waals surface area contributed by atoms with Gasteiger partial charge in [-0.05, 0) is 19.1 Å². The maximum absolute atomic E-state index is 10.5. The third-order valence-corrected chi connectivity index (χ3v) is 1.26. The highest BCUT2D eigenvalue weighted by Gasteiger charge is 2.04. The van der Waals surface area contributed by atoms with Gasteiger partial charge in [0.1, 0.15) is 5.78 Å². The summed E-state index contributed by atoms with van der Waals surface area (Å²) in [5, 5.41) is 4.13. The van der Waals surface area contributed by atoms with Crippen LogP contribution >= 0.6 is 12.2 Å². The van der Waals surface area contributed by atoms with E-state index < -0.39 is 0 Å². The predicted molar refractivity (Wildman–Crippen MR) is 43.9 cm³/mol. The Labute approximate surface area is 70.0 Å². The summed E-state index contributed by atoms with van der Waals surface area (Å²) in [4.78, 5) is 10.5. The number of thiocarbonyl (C=S) groups is 1. The Morgan fingerprint density at radius 3 is 2.64 bits per heavy atom. The smallest absolute Gasteiger partial charge is 0.188 e. The van der Waals surface area contributed by atoms with E-state index in [9.17, 15) is 4.79 Å². The number of carbonyl (C=O) groups is 1. The van der Waals surface area contributed by atoms with Crippen LogP contribution in [0, 0.1) is 5.53 Å². The van der Waals surface area contributed by atoms with E-state index in [4.69, 9.17) is 11.3 Å². The molecule has 11 heavy (non-hydrogen) atoms. The highest BCUT2D eigenvalue weighted by atomic mass is 32.1. The molecule has 5 nitrogen and oxygen atoms in total. The summed E-state index contributed by atoms with van der Waals surface area (Å²) in [6.07, 6.45) is 0.305. The Morgan fingerprint density at radius 2 is 2.36 bits per heavy atom. The van der Waals surface area contributed by atoms with E-state index >= 15 is 0 Å². The van der Waals surface area contributed by atoms with Gasteiger partial charge in [-0.15, -0.1) is 0 Å². The first-order valence-corrected chi connectivity index (χ1v) is 3.42. The molecule has 0 unspecified atom stereocenters. The highest BCUT2D eigenvalue weighted by Crippen LogP contribution is 1.92. The predicted octanol–water partition coefficient (Wildman–Crippen LogP) is 0.457. The van der Waals surface area contributed by atoms with E-state index in [-0.39, 0.29) is 17.4 Å². The molecule has 3 N–H and O–H groups in total. The van der Waals surface area contributed by atoms with Crippen LogP contribution in [0.3, 0.4) is 0 Å². The van der Waals surface area contributed by atoms with Gasteiger partial charge in [-0.3, -0.25) is 4.79 Å². The number of Topliss-reactive ketones (excluding diaryl/α,β-unsaturated/α-hetero) is 1. The summed E-state index contributed by atoms with van der Waals surface area (Å²) in [7, 11) is 0. The molecule has 0 aromatic heterocycles. The fourth-order valence-corrected chi connectivity index (χ4v) is 0.605. The number of hydrogen-bond acceptors (Lipinski definition) is 4. The van der Waals surface area contributed by atoms with Crippen LogP contribution in [0.5, 0.6) is 0 Å². The van der Waals surface area contributed by atoms with Gasteiger partial charge < -0.3 is 5.73 Å². The van der Waals surface area contributed by atoms with Crippen molar-refractivity contribution in [3.05, 3.63) is 0 Å². The van der Waals surface area contributed by atoms with Crippen LogP contribution in [0.25, 0.3) is 0 Å². The molecule has 0 amide bonds. The van der Waals surface area contributed by atoms with Gasteiger partial charge in [0.05, 0.1) is 6.54 Å². The molecular weight excluding hydrogens is 164 g/mol. The molecule has 0 aromatic rings. The van der Waals surface area contributed by atoms with Crippen LogP contribution in [0.1, 0.15) is 13.3 Å². The first-order valence-electron chi connectivity index (χ1n) is 3.01. The van der Waals surface area contributed by atoms with Crippen LogP contribution in [0.2, 0.25) is 0 Å². The second-order valence-corrected chi connectivity index (χ2v) is 2.43. The molecule has 6 heteroatoms. The van der Waals surface area contributed by atoms with Crippen molar-refractivity contribution < 1.29 is 4.79 Å². The molecule has 0 saturated heterocycles. The van der Waals surface area contributed by atoms with Crippen molar-refractivity contribution in [2.45, 2.75) is 13.3 Å². The highest BCUT2D eigenvalue weighted by molar-refractivity contribution is 7.80. The lowest BCUT2D eigenvalue weighted by molar-refractivity contribution is -0.117. The van der Waals surface area contributed by atoms with Crippen LogP contribution in [-0.4, -0.2) is 22.4 Å². The van der Waals surface area contributed by atoms with Gasteiger partial charge in [0.2, 0.25) is 0 Å². The largest absolute Gasteiger partial charge is 0.375 e. The lowest BCUT2D eigenvalue weighted by atomic mass is 10.3.